The average molecular weight is 210 g/mol. The summed E-state index contributed by atoms with van der Waals surface area (Å²) in [6, 6.07) is 1.49. The maximum Gasteiger partial charge on any atom is 0.382 e. The molecule has 0 saturated carbocycles. The van der Waals surface area contributed by atoms with Crippen molar-refractivity contribution in [1.82, 2.24) is 0 Å². The van der Waals surface area contributed by atoms with Crippen LogP contribution in [-0.4, -0.2) is 24.5 Å². The van der Waals surface area contributed by atoms with Crippen molar-refractivity contribution >= 4 is 23.6 Å². The predicted octanol–water partition coefficient (Wildman–Crippen LogP) is 1.01. The Bertz CT molecular complexity index is 422. The van der Waals surface area contributed by atoms with Gasteiger partial charge in [-0.15, -0.1) is 0 Å². The summed E-state index contributed by atoms with van der Waals surface area (Å²) >= 11 is 1.13. The summed E-state index contributed by atoms with van der Waals surface area (Å²) in [6.45, 7) is 0. The van der Waals surface area contributed by atoms with E-state index in [0.29, 0.717) is 21.8 Å². The zero-order chi connectivity index (χ0) is 10.6. The van der Waals surface area contributed by atoms with Gasteiger partial charge in [-0.25, -0.2) is 4.79 Å². The zero-order valence-corrected chi connectivity index (χ0v) is 8.05. The number of methoxy groups -OCH3 is 1. The summed E-state index contributed by atoms with van der Waals surface area (Å²) in [6.07, 6.45) is 0.666. The number of aldehydes is 1. The molecule has 0 aliphatic heterocycles. The fourth-order valence-corrected chi connectivity index (χ4v) is 1.55. The van der Waals surface area contributed by atoms with E-state index in [9.17, 15) is 9.59 Å². The molecule has 0 saturated heterocycles. The molecule has 0 aliphatic rings. The molecule has 0 aromatic carbocycles. The number of carbonyl (C=O) groups is 2. The van der Waals surface area contributed by atoms with Crippen LogP contribution in [0.4, 0.5) is 0 Å². The summed E-state index contributed by atoms with van der Waals surface area (Å²) in [5.41, 5.74) is 0.419. The number of carbonyl (C=O) groups excluding carboxylic acids is 1. The Morgan fingerprint density at radius 2 is 2.43 bits per heavy atom. The Morgan fingerprint density at radius 3 is 2.93 bits per heavy atom. The van der Waals surface area contributed by atoms with E-state index >= 15 is 0 Å². The third-order valence-corrected chi connectivity index (χ3v) is 2.34. The van der Waals surface area contributed by atoms with Gasteiger partial charge in [0.25, 0.3) is 0 Å². The molecule has 4 nitrogen and oxygen atoms in total. The van der Waals surface area contributed by atoms with Gasteiger partial charge in [-0.3, -0.25) is 4.79 Å². The third kappa shape index (κ3) is 2.34. The van der Waals surface area contributed by atoms with Crippen molar-refractivity contribution in [2.45, 2.75) is 0 Å². The normalized spacial score (nSPS) is 8.64. The van der Waals surface area contributed by atoms with Gasteiger partial charge in [0.05, 0.1) is 17.6 Å². The van der Waals surface area contributed by atoms with E-state index in [4.69, 9.17) is 9.84 Å². The molecule has 0 fully saturated rings. The summed E-state index contributed by atoms with van der Waals surface area (Å²) in [4.78, 5) is 21.0. The number of thiophene rings is 1. The number of hydrogen-bond acceptors (Lipinski definition) is 4. The van der Waals surface area contributed by atoms with Crippen LogP contribution < -0.4 is 4.74 Å². The SMILES string of the molecule is COc1sc(C=O)cc1C#CC(=O)O. The summed E-state index contributed by atoms with van der Waals surface area (Å²) in [5, 5.41) is 8.77. The monoisotopic (exact) mass is 210 g/mol. The second-order valence-electron chi connectivity index (χ2n) is 2.23. The molecule has 0 unspecified atom stereocenters. The van der Waals surface area contributed by atoms with Gasteiger partial charge in [0.1, 0.15) is 0 Å². The Kier molecular flexibility index (Phi) is 3.26. The highest BCUT2D eigenvalue weighted by Crippen LogP contribution is 2.28. The number of ether oxygens (including phenoxy) is 1. The molecule has 5 heteroatoms. The predicted molar refractivity (Wildman–Crippen MR) is 50.8 cm³/mol. The van der Waals surface area contributed by atoms with Crippen molar-refractivity contribution in [2.24, 2.45) is 0 Å². The van der Waals surface area contributed by atoms with Gasteiger partial charge in [0, 0.05) is 5.92 Å². The van der Waals surface area contributed by atoms with Crippen molar-refractivity contribution < 1.29 is 19.4 Å². The topological polar surface area (TPSA) is 63.6 Å². The van der Waals surface area contributed by atoms with Crippen LogP contribution in [0.1, 0.15) is 15.2 Å². The Morgan fingerprint density at radius 1 is 1.71 bits per heavy atom. The summed E-state index contributed by atoms with van der Waals surface area (Å²) in [5.74, 6) is 3.13. The highest BCUT2D eigenvalue weighted by Gasteiger charge is 2.06. The summed E-state index contributed by atoms with van der Waals surface area (Å²) in [7, 11) is 1.44. The van der Waals surface area contributed by atoms with E-state index in [1.54, 1.807) is 0 Å². The molecule has 0 aliphatic carbocycles. The van der Waals surface area contributed by atoms with Gasteiger partial charge in [0.2, 0.25) is 0 Å². The molecule has 0 bridgehead atoms. The van der Waals surface area contributed by atoms with Crippen molar-refractivity contribution in [3.05, 3.63) is 16.5 Å². The quantitative estimate of drug-likeness (QED) is 0.584. The van der Waals surface area contributed by atoms with Crippen molar-refractivity contribution in [1.29, 1.82) is 0 Å². The molecular formula is C9H6O4S. The first-order chi connectivity index (χ1) is 6.67. The molecule has 1 aromatic rings. The van der Waals surface area contributed by atoms with Crippen LogP contribution in [0.5, 0.6) is 5.06 Å². The van der Waals surface area contributed by atoms with E-state index in [0.717, 1.165) is 11.3 Å². The lowest BCUT2D eigenvalue weighted by Crippen LogP contribution is -1.87. The lowest BCUT2D eigenvalue weighted by molar-refractivity contribution is -0.130. The number of hydrogen-bond donors (Lipinski definition) is 1. The second-order valence-corrected chi connectivity index (χ2v) is 3.27. The molecule has 0 radical (unpaired) electrons. The largest absolute Gasteiger partial charge is 0.486 e. The standard InChI is InChI=1S/C9H6O4S/c1-13-9-6(2-3-8(11)12)4-7(5-10)14-9/h4-5H,1H3,(H,11,12). The van der Waals surface area contributed by atoms with Crippen LogP contribution in [0, 0.1) is 11.8 Å². The van der Waals surface area contributed by atoms with Gasteiger partial charge in [-0.1, -0.05) is 17.3 Å². The lowest BCUT2D eigenvalue weighted by atomic mass is 10.3. The fourth-order valence-electron chi connectivity index (χ4n) is 0.810. The molecule has 0 atom stereocenters. The van der Waals surface area contributed by atoms with E-state index in [1.165, 1.54) is 13.2 Å². The minimum atomic E-state index is -1.22. The first-order valence-corrected chi connectivity index (χ1v) is 4.37. The van der Waals surface area contributed by atoms with Gasteiger partial charge >= 0.3 is 5.97 Å². The molecule has 0 spiro atoms. The Hall–Kier alpha value is -1.80. The number of aliphatic carboxylic acids is 1. The van der Waals surface area contributed by atoms with Crippen LogP contribution in [0.2, 0.25) is 0 Å². The van der Waals surface area contributed by atoms with E-state index in [1.807, 2.05) is 5.92 Å². The van der Waals surface area contributed by atoms with Crippen molar-refractivity contribution in [2.75, 3.05) is 7.11 Å². The van der Waals surface area contributed by atoms with Crippen molar-refractivity contribution in [3.8, 4) is 16.9 Å². The van der Waals surface area contributed by atoms with E-state index in [2.05, 4.69) is 5.92 Å². The number of carboxylic acid groups (broad SMARTS) is 1. The van der Waals surface area contributed by atoms with Crippen LogP contribution in [0.25, 0.3) is 0 Å². The first kappa shape index (κ1) is 10.3. The van der Waals surface area contributed by atoms with Crippen LogP contribution in [-0.2, 0) is 4.79 Å². The molecule has 1 heterocycles. The van der Waals surface area contributed by atoms with E-state index < -0.39 is 5.97 Å². The second kappa shape index (κ2) is 4.44. The molecule has 1 aromatic heterocycles. The molecule has 1 N–H and O–H groups in total. The Labute approximate surface area is 84.1 Å². The smallest absolute Gasteiger partial charge is 0.382 e. The fraction of sp³-hybridized carbons (Fsp3) is 0.111. The minimum absolute atomic E-state index is 0.419. The molecular weight excluding hydrogens is 204 g/mol. The van der Waals surface area contributed by atoms with Crippen LogP contribution >= 0.6 is 11.3 Å². The molecule has 72 valence electrons. The Balaban J connectivity index is 3.08. The third-order valence-electron chi connectivity index (χ3n) is 1.32. The van der Waals surface area contributed by atoms with Gasteiger partial charge < -0.3 is 9.84 Å². The molecule has 1 rings (SSSR count). The number of rotatable bonds is 2. The number of carboxylic acids is 1. The maximum atomic E-state index is 10.4. The van der Waals surface area contributed by atoms with Crippen molar-refractivity contribution in [3.63, 3.8) is 0 Å². The van der Waals surface area contributed by atoms with Gasteiger partial charge in [-0.05, 0) is 6.07 Å². The average Bonchev–Trinajstić information content (AvgIpc) is 2.57. The van der Waals surface area contributed by atoms with E-state index in [-0.39, 0.29) is 0 Å². The van der Waals surface area contributed by atoms with Gasteiger partial charge in [0.15, 0.2) is 11.3 Å². The maximum absolute atomic E-state index is 10.4. The minimum Gasteiger partial charge on any atom is -0.486 e. The zero-order valence-electron chi connectivity index (χ0n) is 7.23. The molecule has 14 heavy (non-hydrogen) atoms. The highest BCUT2D eigenvalue weighted by molar-refractivity contribution is 7.15. The van der Waals surface area contributed by atoms with Crippen LogP contribution in [0.3, 0.4) is 0 Å². The van der Waals surface area contributed by atoms with Gasteiger partial charge in [-0.2, -0.15) is 0 Å². The van der Waals surface area contributed by atoms with Crippen LogP contribution in [0.15, 0.2) is 6.07 Å². The molecule has 0 amide bonds. The summed E-state index contributed by atoms with van der Waals surface area (Å²) < 4.78 is 4.92. The highest BCUT2D eigenvalue weighted by atomic mass is 32.1. The lowest BCUT2D eigenvalue weighted by Gasteiger charge is -1.92. The first-order valence-electron chi connectivity index (χ1n) is 3.55.